The van der Waals surface area contributed by atoms with Gasteiger partial charge in [-0.15, -0.1) is 5.10 Å². The molecule has 7 nitrogen and oxygen atoms in total. The predicted octanol–water partition coefficient (Wildman–Crippen LogP) is 5.87. The molecule has 0 spiro atoms. The summed E-state index contributed by atoms with van der Waals surface area (Å²) in [4.78, 5) is 17.0. The van der Waals surface area contributed by atoms with Gasteiger partial charge in [0, 0.05) is 24.6 Å². The Morgan fingerprint density at radius 3 is 2.23 bits per heavy atom. The summed E-state index contributed by atoms with van der Waals surface area (Å²) >= 11 is 0. The van der Waals surface area contributed by atoms with Crippen LogP contribution >= 0.6 is 0 Å². The van der Waals surface area contributed by atoms with Crippen LogP contribution in [0.25, 0.3) is 16.8 Å². The maximum Gasteiger partial charge on any atom is 0.247 e. The van der Waals surface area contributed by atoms with Crippen LogP contribution in [0.5, 0.6) is 5.75 Å². The van der Waals surface area contributed by atoms with Gasteiger partial charge in [0.05, 0.1) is 18.4 Å². The number of hydrogen-bond acceptors (Lipinski definition) is 6. The van der Waals surface area contributed by atoms with E-state index in [2.05, 4.69) is 15.4 Å². The minimum atomic E-state index is -0.985. The lowest BCUT2D eigenvalue weighted by Crippen LogP contribution is -2.15. The van der Waals surface area contributed by atoms with Gasteiger partial charge in [-0.05, 0) is 72.5 Å². The summed E-state index contributed by atoms with van der Waals surface area (Å²) in [5.74, 6) is 0.753. The van der Waals surface area contributed by atoms with E-state index >= 15 is 0 Å². The Bertz CT molecular complexity index is 1620. The SMILES string of the molecule is COc1cc(C(C)(C)O)ccc1Nc1nc2ccc(-c3ccc(CC(=O)Cc4ccc(F)cc4)cc3)cn2n1. The molecule has 0 amide bonds. The Hall–Kier alpha value is -4.56. The van der Waals surface area contributed by atoms with E-state index in [1.54, 1.807) is 43.7 Å². The number of ether oxygens (including phenoxy) is 1. The Balaban J connectivity index is 1.28. The summed E-state index contributed by atoms with van der Waals surface area (Å²) in [7, 11) is 1.57. The van der Waals surface area contributed by atoms with Gasteiger partial charge in [0.25, 0.3) is 0 Å². The highest BCUT2D eigenvalue weighted by molar-refractivity contribution is 5.83. The highest BCUT2D eigenvalue weighted by Crippen LogP contribution is 2.32. The van der Waals surface area contributed by atoms with Gasteiger partial charge in [-0.2, -0.15) is 4.98 Å². The molecular weight excluding hydrogens is 495 g/mol. The quantitative estimate of drug-likeness (QED) is 0.251. The zero-order valence-electron chi connectivity index (χ0n) is 22.0. The van der Waals surface area contributed by atoms with E-state index in [4.69, 9.17) is 4.74 Å². The molecule has 8 heteroatoms. The number of nitrogens with one attached hydrogen (secondary N) is 1. The molecule has 198 valence electrons. The lowest BCUT2D eigenvalue weighted by molar-refractivity contribution is -0.117. The van der Waals surface area contributed by atoms with E-state index in [1.807, 2.05) is 54.7 Å². The number of rotatable bonds is 9. The molecule has 5 aromatic rings. The van der Waals surface area contributed by atoms with Crippen molar-refractivity contribution in [1.82, 2.24) is 14.6 Å². The molecule has 5 rings (SSSR count). The first kappa shape index (κ1) is 26.1. The lowest BCUT2D eigenvalue weighted by atomic mass is 9.98. The molecule has 0 fully saturated rings. The van der Waals surface area contributed by atoms with Crippen molar-refractivity contribution < 1.29 is 19.0 Å². The number of halogens is 1. The first-order chi connectivity index (χ1) is 18.7. The van der Waals surface area contributed by atoms with Crippen LogP contribution in [0.4, 0.5) is 16.0 Å². The van der Waals surface area contributed by atoms with Crippen molar-refractivity contribution in [3.8, 4) is 16.9 Å². The summed E-state index contributed by atoms with van der Waals surface area (Å²) in [6.07, 6.45) is 2.49. The highest BCUT2D eigenvalue weighted by atomic mass is 19.1. The fraction of sp³-hybridized carbons (Fsp3) is 0.194. The van der Waals surface area contributed by atoms with Gasteiger partial charge in [-0.25, -0.2) is 8.91 Å². The van der Waals surface area contributed by atoms with E-state index < -0.39 is 5.60 Å². The lowest BCUT2D eigenvalue weighted by Gasteiger charge is -2.19. The second-order valence-electron chi connectivity index (χ2n) is 9.97. The van der Waals surface area contributed by atoms with Crippen LogP contribution in [0.1, 0.15) is 30.5 Å². The molecule has 0 aliphatic heterocycles. The highest BCUT2D eigenvalue weighted by Gasteiger charge is 2.18. The van der Waals surface area contributed by atoms with E-state index in [9.17, 15) is 14.3 Å². The third kappa shape index (κ3) is 6.13. The summed E-state index contributed by atoms with van der Waals surface area (Å²) in [5.41, 5.74) is 4.78. The van der Waals surface area contributed by atoms with Crippen molar-refractivity contribution in [1.29, 1.82) is 0 Å². The molecule has 0 aliphatic rings. The first-order valence-electron chi connectivity index (χ1n) is 12.6. The number of aliphatic hydroxyl groups is 1. The number of benzene rings is 3. The van der Waals surface area contributed by atoms with Crippen LogP contribution in [0.3, 0.4) is 0 Å². The Labute approximate surface area is 225 Å². The van der Waals surface area contributed by atoms with E-state index in [0.717, 1.165) is 27.8 Å². The van der Waals surface area contributed by atoms with Gasteiger partial charge in [0.2, 0.25) is 5.95 Å². The molecule has 39 heavy (non-hydrogen) atoms. The van der Waals surface area contributed by atoms with Gasteiger partial charge in [-0.3, -0.25) is 4.79 Å². The second-order valence-corrected chi connectivity index (χ2v) is 9.97. The van der Waals surface area contributed by atoms with Crippen molar-refractivity contribution in [2.75, 3.05) is 12.4 Å². The van der Waals surface area contributed by atoms with Crippen molar-refractivity contribution in [3.63, 3.8) is 0 Å². The third-order valence-corrected chi connectivity index (χ3v) is 6.49. The van der Waals surface area contributed by atoms with E-state index in [0.29, 0.717) is 29.5 Å². The van der Waals surface area contributed by atoms with Crippen LogP contribution in [-0.4, -0.2) is 32.6 Å². The molecule has 0 bridgehead atoms. The monoisotopic (exact) mass is 524 g/mol. The average molecular weight is 525 g/mol. The maximum absolute atomic E-state index is 13.1. The summed E-state index contributed by atoms with van der Waals surface area (Å²) in [6.45, 7) is 3.44. The minimum absolute atomic E-state index is 0.0739. The van der Waals surface area contributed by atoms with E-state index in [-0.39, 0.29) is 18.0 Å². The van der Waals surface area contributed by atoms with Crippen molar-refractivity contribution >= 4 is 23.1 Å². The van der Waals surface area contributed by atoms with Crippen LogP contribution in [0.2, 0.25) is 0 Å². The van der Waals surface area contributed by atoms with Crippen LogP contribution in [-0.2, 0) is 23.2 Å². The molecule has 2 heterocycles. The molecule has 0 radical (unpaired) electrons. The summed E-state index contributed by atoms with van der Waals surface area (Å²) in [5, 5.41) is 18.1. The normalized spacial score (nSPS) is 11.5. The molecule has 2 N–H and O–H groups in total. The van der Waals surface area contributed by atoms with Gasteiger partial charge in [0.15, 0.2) is 5.65 Å². The Morgan fingerprint density at radius 1 is 0.949 bits per heavy atom. The number of aromatic nitrogens is 3. The molecule has 3 aromatic carbocycles. The maximum atomic E-state index is 13.1. The largest absolute Gasteiger partial charge is 0.495 e. The van der Waals surface area contributed by atoms with Crippen molar-refractivity contribution in [2.45, 2.75) is 32.3 Å². The second kappa shape index (κ2) is 10.7. The third-order valence-electron chi connectivity index (χ3n) is 6.49. The fourth-order valence-corrected chi connectivity index (χ4v) is 4.34. The molecule has 0 saturated carbocycles. The van der Waals surface area contributed by atoms with Gasteiger partial charge in [-0.1, -0.05) is 42.5 Å². The molecule has 2 aromatic heterocycles. The van der Waals surface area contributed by atoms with Crippen LogP contribution < -0.4 is 10.1 Å². The van der Waals surface area contributed by atoms with Crippen molar-refractivity contribution in [3.05, 3.63) is 108 Å². The number of carbonyl (C=O) groups is 1. The van der Waals surface area contributed by atoms with Gasteiger partial charge < -0.3 is 15.2 Å². The summed E-state index contributed by atoms with van der Waals surface area (Å²) < 4.78 is 20.3. The predicted molar refractivity (Wildman–Crippen MR) is 149 cm³/mol. The number of pyridine rings is 1. The molecule has 0 aliphatic carbocycles. The minimum Gasteiger partial charge on any atom is -0.495 e. The number of anilines is 2. The number of nitrogens with zero attached hydrogens (tertiary/aromatic N) is 3. The van der Waals surface area contributed by atoms with E-state index in [1.165, 1.54) is 12.1 Å². The average Bonchev–Trinajstić information content (AvgIpc) is 3.31. The number of carbonyl (C=O) groups excluding carboxylic acids is 1. The Kier molecular flexibility index (Phi) is 7.13. The number of fused-ring (bicyclic) bond motifs is 1. The molecular formula is C31H29FN4O3. The van der Waals surface area contributed by atoms with Gasteiger partial charge >= 0.3 is 0 Å². The topological polar surface area (TPSA) is 88.8 Å². The standard InChI is InChI=1S/C31H29FN4O3/c1-31(2,38)24-11-14-27(28(18-24)39-3)33-30-34-29-15-10-23(19-36(29)35-30)22-8-4-20(5-9-22)16-26(37)17-21-6-12-25(32)13-7-21/h4-15,18-19,38H,16-17H2,1-3H3,(H,33,35). The molecule has 0 saturated heterocycles. The Morgan fingerprint density at radius 2 is 1.59 bits per heavy atom. The first-order valence-corrected chi connectivity index (χ1v) is 12.6. The van der Waals surface area contributed by atoms with Crippen molar-refractivity contribution in [2.24, 2.45) is 0 Å². The van der Waals surface area contributed by atoms with Gasteiger partial charge in [0.1, 0.15) is 17.3 Å². The number of hydrogen-bond donors (Lipinski definition) is 2. The summed E-state index contributed by atoms with van der Waals surface area (Å²) in [6, 6.07) is 23.2. The molecule has 0 unspecified atom stereocenters. The zero-order valence-corrected chi connectivity index (χ0v) is 22.0. The van der Waals surface area contributed by atoms with Crippen LogP contribution in [0.15, 0.2) is 85.1 Å². The number of Topliss-reactive ketones (excluding diaryl/α,β-unsaturated/α-hetero) is 1. The molecule has 0 atom stereocenters. The number of methoxy groups -OCH3 is 1. The smallest absolute Gasteiger partial charge is 0.247 e. The van der Waals surface area contributed by atoms with Crippen LogP contribution in [0, 0.1) is 5.82 Å². The fourth-order valence-electron chi connectivity index (χ4n) is 4.34. The number of ketones is 1. The zero-order chi connectivity index (χ0) is 27.6.